The van der Waals surface area contributed by atoms with E-state index in [2.05, 4.69) is 147 Å². The quantitative estimate of drug-likeness (QED) is 0.201. The number of fused-ring (bicyclic) bond motifs is 10. The molecule has 0 saturated carbocycles. The number of para-hydroxylation sites is 1. The summed E-state index contributed by atoms with van der Waals surface area (Å²) in [5.74, 6) is 0.765. The minimum Gasteiger partial charge on any atom is -0.228 e. The van der Waals surface area contributed by atoms with E-state index in [4.69, 9.17) is 9.97 Å². The Morgan fingerprint density at radius 3 is 1.74 bits per heavy atom. The fourth-order valence-electron chi connectivity index (χ4n) is 7.41. The number of aromatic nitrogens is 2. The van der Waals surface area contributed by atoms with Crippen molar-refractivity contribution < 1.29 is 0 Å². The Morgan fingerprint density at radius 2 is 1.00 bits per heavy atom. The molecule has 8 aromatic rings. The predicted molar refractivity (Wildman–Crippen MR) is 180 cm³/mol. The van der Waals surface area contributed by atoms with E-state index in [1.54, 1.807) is 0 Å². The van der Waals surface area contributed by atoms with Crippen LogP contribution in [0.4, 0.5) is 0 Å². The first-order valence-corrected chi connectivity index (χ1v) is 14.9. The summed E-state index contributed by atoms with van der Waals surface area (Å²) in [6.45, 7) is 4.63. The van der Waals surface area contributed by atoms with E-state index >= 15 is 0 Å². The van der Waals surface area contributed by atoms with E-state index in [1.807, 2.05) is 0 Å². The topological polar surface area (TPSA) is 25.8 Å². The minimum absolute atomic E-state index is 0.0796. The molecular formula is C41H28N2. The first-order chi connectivity index (χ1) is 21.1. The Kier molecular flexibility index (Phi) is 4.99. The zero-order valence-corrected chi connectivity index (χ0v) is 24.1. The van der Waals surface area contributed by atoms with Crippen LogP contribution in [-0.4, -0.2) is 9.97 Å². The normalized spacial score (nSPS) is 13.5. The average molecular weight is 549 g/mol. The summed E-state index contributed by atoms with van der Waals surface area (Å²) in [5.41, 5.74) is 9.23. The monoisotopic (exact) mass is 548 g/mol. The lowest BCUT2D eigenvalue weighted by molar-refractivity contribution is 0.660. The summed E-state index contributed by atoms with van der Waals surface area (Å²) < 4.78 is 0. The van der Waals surface area contributed by atoms with Crippen molar-refractivity contribution in [3.63, 3.8) is 0 Å². The van der Waals surface area contributed by atoms with Gasteiger partial charge in [-0.05, 0) is 66.7 Å². The molecule has 0 unspecified atom stereocenters. The second kappa shape index (κ2) is 8.83. The van der Waals surface area contributed by atoms with Gasteiger partial charge in [-0.3, -0.25) is 0 Å². The molecule has 9 rings (SSSR count). The Hall–Kier alpha value is -5.34. The lowest BCUT2D eigenvalue weighted by Gasteiger charge is -2.21. The second-order valence-corrected chi connectivity index (χ2v) is 12.2. The molecule has 0 radical (unpaired) electrons. The highest BCUT2D eigenvalue weighted by atomic mass is 14.9. The first kappa shape index (κ1) is 24.3. The van der Waals surface area contributed by atoms with Crippen LogP contribution >= 0.6 is 0 Å². The molecule has 0 saturated heterocycles. The number of hydrogen-bond acceptors (Lipinski definition) is 2. The first-order valence-electron chi connectivity index (χ1n) is 14.9. The van der Waals surface area contributed by atoms with Gasteiger partial charge < -0.3 is 0 Å². The molecule has 1 aliphatic rings. The third kappa shape index (κ3) is 3.41. The number of hydrogen-bond donors (Lipinski definition) is 0. The average Bonchev–Trinajstić information content (AvgIpc) is 3.30. The summed E-state index contributed by atoms with van der Waals surface area (Å²) in [7, 11) is 0. The van der Waals surface area contributed by atoms with Gasteiger partial charge in [-0.25, -0.2) is 9.97 Å². The van der Waals surface area contributed by atoms with Crippen molar-refractivity contribution in [1.29, 1.82) is 0 Å². The van der Waals surface area contributed by atoms with Gasteiger partial charge in [-0.15, -0.1) is 0 Å². The maximum Gasteiger partial charge on any atom is 0.161 e. The molecule has 0 bridgehead atoms. The third-order valence-corrected chi connectivity index (χ3v) is 9.47. The molecule has 0 N–H and O–H groups in total. The molecule has 0 atom stereocenters. The van der Waals surface area contributed by atoms with Crippen molar-refractivity contribution in [2.45, 2.75) is 19.3 Å². The molecule has 202 valence electrons. The largest absolute Gasteiger partial charge is 0.228 e. The molecule has 43 heavy (non-hydrogen) atoms. The van der Waals surface area contributed by atoms with Gasteiger partial charge >= 0.3 is 0 Å². The van der Waals surface area contributed by atoms with Crippen LogP contribution in [0.15, 0.2) is 133 Å². The van der Waals surface area contributed by atoms with Crippen LogP contribution in [-0.2, 0) is 5.41 Å². The van der Waals surface area contributed by atoms with E-state index in [1.165, 1.54) is 54.6 Å². The SMILES string of the molecule is CC1(C)c2ccccc2-c2c(-c3nc(-c4ccc5c6ccccc6c6ccccc6c5c4)c4ccccc4n3)cccc21. The molecule has 7 aromatic carbocycles. The highest BCUT2D eigenvalue weighted by Crippen LogP contribution is 2.51. The molecule has 2 heteroatoms. The maximum absolute atomic E-state index is 5.38. The molecule has 0 aliphatic heterocycles. The van der Waals surface area contributed by atoms with Crippen LogP contribution in [0.5, 0.6) is 0 Å². The van der Waals surface area contributed by atoms with Gasteiger partial charge in [0.05, 0.1) is 11.2 Å². The molecular weight excluding hydrogens is 520 g/mol. The highest BCUT2D eigenvalue weighted by molar-refractivity contribution is 6.25. The van der Waals surface area contributed by atoms with Crippen LogP contribution in [0.25, 0.3) is 77.0 Å². The van der Waals surface area contributed by atoms with Gasteiger partial charge in [0.25, 0.3) is 0 Å². The zero-order valence-electron chi connectivity index (χ0n) is 24.1. The standard InChI is InChI=1S/C41H28N2/c1-41(2)35-19-9-7-16-31(35)38-33(18-11-20-36(38)41)40-42-37-21-10-8-17-32(37)39(43-40)25-22-23-30-28-14-4-3-12-26(28)27-13-5-6-15-29(27)34(30)24-25/h3-24H,1-2H3. The summed E-state index contributed by atoms with van der Waals surface area (Å²) in [6, 6.07) is 48.1. The minimum atomic E-state index is -0.0796. The van der Waals surface area contributed by atoms with Gasteiger partial charge in [0.15, 0.2) is 5.82 Å². The van der Waals surface area contributed by atoms with Gasteiger partial charge in [0.1, 0.15) is 0 Å². The lowest BCUT2D eigenvalue weighted by atomic mass is 9.82. The summed E-state index contributed by atoms with van der Waals surface area (Å²) >= 11 is 0. The van der Waals surface area contributed by atoms with Crippen molar-refractivity contribution in [2.24, 2.45) is 0 Å². The van der Waals surface area contributed by atoms with Crippen molar-refractivity contribution in [2.75, 3.05) is 0 Å². The molecule has 1 aliphatic carbocycles. The molecule has 0 spiro atoms. The van der Waals surface area contributed by atoms with Gasteiger partial charge in [0, 0.05) is 21.9 Å². The Bertz CT molecular complexity index is 2400. The zero-order chi connectivity index (χ0) is 28.7. The van der Waals surface area contributed by atoms with E-state index < -0.39 is 0 Å². The number of benzene rings is 7. The van der Waals surface area contributed by atoms with E-state index in [0.717, 1.165) is 33.5 Å². The second-order valence-electron chi connectivity index (χ2n) is 12.2. The Labute approximate surface area is 250 Å². The van der Waals surface area contributed by atoms with Crippen LogP contribution in [0.3, 0.4) is 0 Å². The van der Waals surface area contributed by atoms with Crippen LogP contribution in [0, 0.1) is 0 Å². The van der Waals surface area contributed by atoms with Crippen molar-refractivity contribution in [3.05, 3.63) is 145 Å². The molecule has 2 nitrogen and oxygen atoms in total. The fourth-order valence-corrected chi connectivity index (χ4v) is 7.41. The van der Waals surface area contributed by atoms with E-state index in [0.29, 0.717) is 0 Å². The van der Waals surface area contributed by atoms with Crippen molar-refractivity contribution in [1.82, 2.24) is 9.97 Å². The predicted octanol–water partition coefficient (Wildman–Crippen LogP) is 10.7. The lowest BCUT2D eigenvalue weighted by Crippen LogP contribution is -2.14. The molecule has 1 aromatic heterocycles. The van der Waals surface area contributed by atoms with Gasteiger partial charge in [0.2, 0.25) is 0 Å². The van der Waals surface area contributed by atoms with E-state index in [9.17, 15) is 0 Å². The van der Waals surface area contributed by atoms with Gasteiger partial charge in [-0.1, -0.05) is 135 Å². The van der Waals surface area contributed by atoms with Gasteiger partial charge in [-0.2, -0.15) is 0 Å². The molecule has 0 fully saturated rings. The van der Waals surface area contributed by atoms with Crippen molar-refractivity contribution in [3.8, 4) is 33.8 Å². The van der Waals surface area contributed by atoms with Crippen LogP contribution in [0.1, 0.15) is 25.0 Å². The summed E-state index contributed by atoms with van der Waals surface area (Å²) in [5, 5.41) is 8.66. The maximum atomic E-state index is 5.38. The Morgan fingerprint density at radius 1 is 0.442 bits per heavy atom. The highest BCUT2D eigenvalue weighted by Gasteiger charge is 2.37. The summed E-state index contributed by atoms with van der Waals surface area (Å²) in [4.78, 5) is 10.5. The summed E-state index contributed by atoms with van der Waals surface area (Å²) in [6.07, 6.45) is 0. The van der Waals surface area contributed by atoms with Crippen LogP contribution in [0.2, 0.25) is 0 Å². The smallest absolute Gasteiger partial charge is 0.161 e. The Balaban J connectivity index is 1.34. The van der Waals surface area contributed by atoms with Crippen molar-refractivity contribution >= 4 is 43.2 Å². The van der Waals surface area contributed by atoms with Crippen LogP contribution < -0.4 is 0 Å². The molecule has 1 heterocycles. The third-order valence-electron chi connectivity index (χ3n) is 9.47. The van der Waals surface area contributed by atoms with E-state index in [-0.39, 0.29) is 5.41 Å². The number of nitrogens with zero attached hydrogens (tertiary/aromatic N) is 2. The molecule has 0 amide bonds. The number of rotatable bonds is 2. The fraction of sp³-hybridized carbons (Fsp3) is 0.0732.